The lowest BCUT2D eigenvalue weighted by atomic mass is 9.93. The topological polar surface area (TPSA) is 70.6 Å². The normalized spacial score (nSPS) is 17.8. The predicted molar refractivity (Wildman–Crippen MR) is 143 cm³/mol. The zero-order valence-corrected chi connectivity index (χ0v) is 21.8. The first-order valence-corrected chi connectivity index (χ1v) is 13.1. The molecule has 1 aromatic heterocycles. The van der Waals surface area contributed by atoms with E-state index >= 15 is 0 Å². The van der Waals surface area contributed by atoms with Crippen LogP contribution in [0.5, 0.6) is 5.75 Å². The summed E-state index contributed by atoms with van der Waals surface area (Å²) >= 11 is 0. The van der Waals surface area contributed by atoms with Crippen molar-refractivity contribution < 1.29 is 13.9 Å². The van der Waals surface area contributed by atoms with Crippen LogP contribution in [-0.2, 0) is 11.2 Å². The third-order valence-electron chi connectivity index (χ3n) is 7.43. The maximum absolute atomic E-state index is 13.3. The van der Waals surface area contributed by atoms with Gasteiger partial charge in [0.05, 0.1) is 12.6 Å². The van der Waals surface area contributed by atoms with Gasteiger partial charge in [-0.15, -0.1) is 0 Å². The summed E-state index contributed by atoms with van der Waals surface area (Å²) in [4.78, 5) is 26.5. The second kappa shape index (κ2) is 10.8. The maximum atomic E-state index is 13.3. The maximum Gasteiger partial charge on any atom is 0.325 e. The van der Waals surface area contributed by atoms with Crippen LogP contribution in [0.25, 0.3) is 0 Å². The molecule has 0 spiro atoms. The number of carbonyl (C=O) groups is 1. The van der Waals surface area contributed by atoms with E-state index in [-0.39, 0.29) is 17.8 Å². The zero-order valence-electron chi connectivity index (χ0n) is 21.8. The number of piperidine rings is 1. The summed E-state index contributed by atoms with van der Waals surface area (Å²) in [6.07, 6.45) is 4.38. The fourth-order valence-electron chi connectivity index (χ4n) is 5.22. The number of benzene rings is 2. The quantitative estimate of drug-likeness (QED) is 0.352. The highest BCUT2D eigenvalue weighted by Gasteiger charge is 2.28. The zero-order chi connectivity index (χ0) is 25.9. The van der Waals surface area contributed by atoms with Gasteiger partial charge in [0, 0.05) is 23.5 Å². The second-order valence-corrected chi connectivity index (χ2v) is 10.0. The van der Waals surface area contributed by atoms with Crippen LogP contribution in [0.3, 0.4) is 0 Å². The molecule has 2 aliphatic heterocycles. The van der Waals surface area contributed by atoms with Crippen LogP contribution in [0.15, 0.2) is 42.5 Å². The fourth-order valence-corrected chi connectivity index (χ4v) is 5.22. The summed E-state index contributed by atoms with van der Waals surface area (Å²) in [5.41, 5.74) is 5.02. The van der Waals surface area contributed by atoms with E-state index in [1.807, 2.05) is 26.0 Å². The van der Waals surface area contributed by atoms with Crippen molar-refractivity contribution in [3.05, 3.63) is 70.7 Å². The van der Waals surface area contributed by atoms with Crippen molar-refractivity contribution in [3.8, 4) is 5.75 Å². The molecule has 0 bridgehead atoms. The third-order valence-corrected chi connectivity index (χ3v) is 7.43. The van der Waals surface area contributed by atoms with Gasteiger partial charge in [0.1, 0.15) is 17.4 Å². The molecule has 0 aliphatic carbocycles. The van der Waals surface area contributed by atoms with E-state index < -0.39 is 0 Å². The van der Waals surface area contributed by atoms with Crippen LogP contribution in [0.1, 0.15) is 54.6 Å². The highest BCUT2D eigenvalue weighted by atomic mass is 19.1. The number of nitrogens with zero attached hydrogens (tertiary/aromatic N) is 4. The lowest BCUT2D eigenvalue weighted by molar-refractivity contribution is -0.135. The molecule has 194 valence electrons. The minimum atomic E-state index is -0.287. The van der Waals surface area contributed by atoms with E-state index in [1.165, 1.54) is 24.1 Å². The molecule has 1 atom stereocenters. The summed E-state index contributed by atoms with van der Waals surface area (Å²) in [7, 11) is 0. The number of aryl methyl sites for hydroxylation is 1. The molecular weight excluding hydrogens is 469 g/mol. The van der Waals surface area contributed by atoms with E-state index in [1.54, 1.807) is 12.1 Å². The molecule has 2 aromatic carbocycles. The van der Waals surface area contributed by atoms with Crippen molar-refractivity contribution in [2.75, 3.05) is 36.4 Å². The van der Waals surface area contributed by atoms with E-state index in [4.69, 9.17) is 9.72 Å². The fraction of sp³-hybridized carbons (Fsp3) is 0.414. The first kappa shape index (κ1) is 25.1. The highest BCUT2D eigenvalue weighted by Crippen LogP contribution is 2.37. The van der Waals surface area contributed by atoms with E-state index in [0.717, 1.165) is 67.2 Å². The number of hydrogen-bond acceptors (Lipinski definition) is 7. The molecule has 1 unspecified atom stereocenters. The number of hydrogen-bond donors (Lipinski definition) is 1. The molecule has 2 aliphatic rings. The third kappa shape index (κ3) is 5.74. The standard InChI is InChI=1S/C29H34FN5O2/c1-19-20(2)31-29(32-24-10-8-23(30)9-11-24)33-28(19)35-16-13-22-7-12-25(17-26(22)21(35)3)37-27(36)18-34-14-5-4-6-15-34/h7-12,17,21H,4-6,13-16,18H2,1-3H3,(H,31,32,33). The molecule has 37 heavy (non-hydrogen) atoms. The van der Waals surface area contributed by atoms with Crippen molar-refractivity contribution in [2.24, 2.45) is 0 Å². The molecule has 8 heteroatoms. The van der Waals surface area contributed by atoms with E-state index in [0.29, 0.717) is 18.2 Å². The van der Waals surface area contributed by atoms with Crippen LogP contribution in [0.4, 0.5) is 21.8 Å². The number of likely N-dealkylation sites (tertiary alicyclic amines) is 1. The van der Waals surface area contributed by atoms with Crippen molar-refractivity contribution in [1.82, 2.24) is 14.9 Å². The number of aromatic nitrogens is 2. The molecule has 0 amide bonds. The molecular formula is C29H34FN5O2. The smallest absolute Gasteiger partial charge is 0.325 e. The first-order valence-electron chi connectivity index (χ1n) is 13.1. The molecule has 1 fully saturated rings. The summed E-state index contributed by atoms with van der Waals surface area (Å²) in [6, 6.07) is 12.2. The number of esters is 1. The Balaban J connectivity index is 1.35. The van der Waals surface area contributed by atoms with Gasteiger partial charge < -0.3 is 15.0 Å². The summed E-state index contributed by atoms with van der Waals surface area (Å²) < 4.78 is 19.1. The van der Waals surface area contributed by atoms with Gasteiger partial charge in [0.15, 0.2) is 0 Å². The SMILES string of the molecule is Cc1nc(Nc2ccc(F)cc2)nc(N2CCc3ccc(OC(=O)CN4CCCCC4)cc3C2C)c1C. The summed E-state index contributed by atoms with van der Waals surface area (Å²) in [5.74, 6) is 1.43. The average Bonchev–Trinajstić information content (AvgIpc) is 2.89. The van der Waals surface area contributed by atoms with Gasteiger partial charge in [-0.3, -0.25) is 9.69 Å². The lowest BCUT2D eigenvalue weighted by Crippen LogP contribution is -2.36. The Morgan fingerprint density at radius 2 is 1.81 bits per heavy atom. The number of rotatable bonds is 6. The monoisotopic (exact) mass is 503 g/mol. The number of halogens is 1. The number of fused-ring (bicyclic) bond motifs is 1. The molecule has 3 aromatic rings. The van der Waals surface area contributed by atoms with Crippen LogP contribution in [-0.4, -0.2) is 47.0 Å². The van der Waals surface area contributed by atoms with Crippen LogP contribution in [0.2, 0.25) is 0 Å². The largest absolute Gasteiger partial charge is 0.426 e. The lowest BCUT2D eigenvalue weighted by Gasteiger charge is -2.37. The Kier molecular flexibility index (Phi) is 7.37. The Morgan fingerprint density at radius 3 is 2.57 bits per heavy atom. The number of carbonyl (C=O) groups excluding carboxylic acids is 1. The van der Waals surface area contributed by atoms with Crippen molar-refractivity contribution in [2.45, 2.75) is 52.5 Å². The van der Waals surface area contributed by atoms with E-state index in [2.05, 4.69) is 33.1 Å². The van der Waals surface area contributed by atoms with Gasteiger partial charge in [-0.25, -0.2) is 9.37 Å². The number of ether oxygens (including phenoxy) is 1. The van der Waals surface area contributed by atoms with Gasteiger partial charge in [-0.1, -0.05) is 12.5 Å². The Hall–Kier alpha value is -3.52. The Bertz CT molecular complexity index is 1270. The molecule has 3 heterocycles. The van der Waals surface area contributed by atoms with Crippen LogP contribution in [0, 0.1) is 19.7 Å². The molecule has 0 saturated carbocycles. The van der Waals surface area contributed by atoms with Crippen LogP contribution >= 0.6 is 0 Å². The molecule has 1 N–H and O–H groups in total. The molecule has 5 rings (SSSR count). The van der Waals surface area contributed by atoms with Crippen molar-refractivity contribution in [3.63, 3.8) is 0 Å². The second-order valence-electron chi connectivity index (χ2n) is 10.0. The Labute approximate surface area is 217 Å². The van der Waals surface area contributed by atoms with Gasteiger partial charge in [0.25, 0.3) is 0 Å². The van der Waals surface area contributed by atoms with Gasteiger partial charge in [-0.2, -0.15) is 4.98 Å². The summed E-state index contributed by atoms with van der Waals surface area (Å²) in [5, 5.41) is 3.20. The average molecular weight is 504 g/mol. The molecule has 7 nitrogen and oxygen atoms in total. The number of anilines is 3. The number of nitrogens with one attached hydrogen (secondary N) is 1. The summed E-state index contributed by atoms with van der Waals surface area (Å²) in [6.45, 7) is 9.23. The minimum absolute atomic E-state index is 0.0381. The van der Waals surface area contributed by atoms with Gasteiger partial charge >= 0.3 is 5.97 Å². The highest BCUT2D eigenvalue weighted by molar-refractivity contribution is 5.74. The molecule has 1 saturated heterocycles. The predicted octanol–water partition coefficient (Wildman–Crippen LogP) is 5.49. The van der Waals surface area contributed by atoms with Crippen molar-refractivity contribution >= 4 is 23.4 Å². The van der Waals surface area contributed by atoms with Crippen LogP contribution < -0.4 is 15.0 Å². The van der Waals surface area contributed by atoms with Crippen molar-refractivity contribution in [1.29, 1.82) is 0 Å². The van der Waals surface area contributed by atoms with Gasteiger partial charge in [-0.05, 0) is 101 Å². The van der Waals surface area contributed by atoms with E-state index in [9.17, 15) is 9.18 Å². The Morgan fingerprint density at radius 1 is 1.05 bits per heavy atom. The first-order chi connectivity index (χ1) is 17.9. The van der Waals surface area contributed by atoms with Gasteiger partial charge in [0.2, 0.25) is 5.95 Å². The molecule has 0 radical (unpaired) electrons. The minimum Gasteiger partial charge on any atom is -0.426 e.